The van der Waals surface area contributed by atoms with Gasteiger partial charge in [0, 0.05) is 35.5 Å². The van der Waals surface area contributed by atoms with Gasteiger partial charge in [0.2, 0.25) is 5.95 Å². The van der Waals surface area contributed by atoms with Gasteiger partial charge >= 0.3 is 0 Å². The Morgan fingerprint density at radius 2 is 1.92 bits per heavy atom. The molecule has 0 aliphatic rings. The van der Waals surface area contributed by atoms with Gasteiger partial charge < -0.3 is 25.7 Å². The van der Waals surface area contributed by atoms with E-state index in [0.29, 0.717) is 28.1 Å². The molecule has 5 rings (SSSR count). The zero-order valence-electron chi connectivity index (χ0n) is 19.6. The number of carbonyl (C=O) groups excluding carboxylic acids is 1. The fourth-order valence-corrected chi connectivity index (χ4v) is 4.84. The second kappa shape index (κ2) is 9.84. The van der Waals surface area contributed by atoms with Gasteiger partial charge in [-0.3, -0.25) is 4.79 Å². The number of methoxy groups -OCH3 is 1. The number of hydrogen-bond donors (Lipinski definition) is 4. The summed E-state index contributed by atoms with van der Waals surface area (Å²) in [6, 6.07) is 14.5. The van der Waals surface area contributed by atoms with Crippen molar-refractivity contribution in [1.29, 1.82) is 0 Å². The quantitative estimate of drug-likeness (QED) is 0.205. The number of amides is 1. The minimum Gasteiger partial charge on any atom is -0.495 e. The van der Waals surface area contributed by atoms with Crippen molar-refractivity contribution in [3.63, 3.8) is 0 Å². The van der Waals surface area contributed by atoms with E-state index in [1.54, 1.807) is 41.8 Å². The Morgan fingerprint density at radius 3 is 2.67 bits per heavy atom. The number of halogens is 1. The molecule has 0 spiro atoms. The second-order valence-corrected chi connectivity index (χ2v) is 9.27. The van der Waals surface area contributed by atoms with Crippen molar-refractivity contribution in [2.45, 2.75) is 6.92 Å². The molecule has 5 aromatic rings. The fourth-order valence-electron chi connectivity index (χ4n) is 3.69. The number of carbonyl (C=O) groups is 1. The van der Waals surface area contributed by atoms with E-state index in [-0.39, 0.29) is 5.91 Å². The lowest BCUT2D eigenvalue weighted by molar-refractivity contribution is 0.102. The number of aromatic nitrogens is 4. The Kier molecular flexibility index (Phi) is 6.45. The standard InChI is InChI=1S/C25H22ClN7O2S/c1-13-22(36-25(27-2)29-13)19-8-9-28-24(33-19)31-15-4-6-18-14(10-15)11-20(32-18)23(34)30-16-5-7-21(35-3)17(26)12-16/h4-12,32H,1-3H3,(H,27,29)(H,30,34)(H,28,31,33). The number of hydrogen-bond acceptors (Lipinski definition) is 8. The average Bonchev–Trinajstić information content (AvgIpc) is 3.47. The van der Waals surface area contributed by atoms with Gasteiger partial charge in [0.05, 0.1) is 28.4 Å². The SMILES string of the molecule is CNc1nc(C)c(-c2ccnc(Nc3ccc4[nH]c(C(=O)Nc5ccc(OC)c(Cl)c5)cc4c3)n2)s1. The van der Waals surface area contributed by atoms with E-state index >= 15 is 0 Å². The minimum atomic E-state index is -0.279. The summed E-state index contributed by atoms with van der Waals surface area (Å²) >= 11 is 7.70. The van der Waals surface area contributed by atoms with Crippen LogP contribution in [0.15, 0.2) is 54.7 Å². The summed E-state index contributed by atoms with van der Waals surface area (Å²) in [4.78, 5) is 30.4. The molecular weight excluding hydrogens is 498 g/mol. The number of benzene rings is 2. The van der Waals surface area contributed by atoms with Crippen LogP contribution in [0.3, 0.4) is 0 Å². The summed E-state index contributed by atoms with van der Waals surface area (Å²) in [6.45, 7) is 1.96. The lowest BCUT2D eigenvalue weighted by Crippen LogP contribution is -2.12. The Bertz CT molecular complexity index is 1580. The maximum Gasteiger partial charge on any atom is 0.272 e. The van der Waals surface area contributed by atoms with Gasteiger partial charge in [0.1, 0.15) is 11.4 Å². The average molecular weight is 520 g/mol. The van der Waals surface area contributed by atoms with Crippen LogP contribution < -0.4 is 20.7 Å². The highest BCUT2D eigenvalue weighted by Gasteiger charge is 2.13. The number of aryl methyl sites for hydroxylation is 1. The number of anilines is 4. The van der Waals surface area contributed by atoms with E-state index < -0.39 is 0 Å². The molecule has 1 amide bonds. The smallest absolute Gasteiger partial charge is 0.272 e. The summed E-state index contributed by atoms with van der Waals surface area (Å²) in [5.74, 6) is 0.731. The van der Waals surface area contributed by atoms with Crippen molar-refractivity contribution in [2.75, 3.05) is 30.1 Å². The van der Waals surface area contributed by atoms with Crippen LogP contribution in [0.1, 0.15) is 16.2 Å². The van der Waals surface area contributed by atoms with Crippen LogP contribution >= 0.6 is 22.9 Å². The molecule has 0 atom stereocenters. The Morgan fingerprint density at radius 1 is 1.08 bits per heavy atom. The molecule has 0 saturated carbocycles. The first-order chi connectivity index (χ1) is 17.4. The summed E-state index contributed by atoms with van der Waals surface area (Å²) < 4.78 is 5.15. The Labute approximate surface area is 215 Å². The molecule has 11 heteroatoms. The van der Waals surface area contributed by atoms with Gasteiger partial charge in [-0.2, -0.15) is 0 Å². The van der Waals surface area contributed by atoms with Gasteiger partial charge in [0.15, 0.2) is 5.13 Å². The minimum absolute atomic E-state index is 0.279. The number of nitrogens with one attached hydrogen (secondary N) is 4. The largest absolute Gasteiger partial charge is 0.495 e. The first-order valence-electron chi connectivity index (χ1n) is 11.0. The van der Waals surface area contributed by atoms with E-state index in [1.807, 2.05) is 38.2 Å². The molecule has 36 heavy (non-hydrogen) atoms. The summed E-state index contributed by atoms with van der Waals surface area (Å²) in [5.41, 5.74) is 4.32. The highest BCUT2D eigenvalue weighted by molar-refractivity contribution is 7.19. The lowest BCUT2D eigenvalue weighted by Gasteiger charge is -2.07. The van der Waals surface area contributed by atoms with Crippen molar-refractivity contribution in [2.24, 2.45) is 0 Å². The van der Waals surface area contributed by atoms with Crippen molar-refractivity contribution in [3.05, 3.63) is 71.1 Å². The van der Waals surface area contributed by atoms with Gasteiger partial charge in [-0.15, -0.1) is 0 Å². The molecule has 9 nitrogen and oxygen atoms in total. The van der Waals surface area contributed by atoms with Crippen LogP contribution in [0.4, 0.5) is 22.5 Å². The van der Waals surface area contributed by atoms with Crippen molar-refractivity contribution in [1.82, 2.24) is 19.9 Å². The summed E-state index contributed by atoms with van der Waals surface area (Å²) in [6.07, 6.45) is 1.71. The van der Waals surface area contributed by atoms with Crippen molar-refractivity contribution < 1.29 is 9.53 Å². The topological polar surface area (TPSA) is 117 Å². The van der Waals surface area contributed by atoms with Crippen LogP contribution in [0.25, 0.3) is 21.5 Å². The first-order valence-corrected chi connectivity index (χ1v) is 12.2. The van der Waals surface area contributed by atoms with Gasteiger partial charge in [0.25, 0.3) is 5.91 Å². The number of thiazole rings is 1. The predicted octanol–water partition coefficient (Wildman–Crippen LogP) is 6.09. The van der Waals surface area contributed by atoms with Crippen molar-refractivity contribution in [3.8, 4) is 16.3 Å². The maximum atomic E-state index is 12.8. The third-order valence-corrected chi connectivity index (χ3v) is 6.92. The summed E-state index contributed by atoms with van der Waals surface area (Å²) in [5, 5.41) is 11.3. The van der Waals surface area contributed by atoms with E-state index in [9.17, 15) is 4.79 Å². The first kappa shape index (κ1) is 23.6. The molecule has 0 saturated heterocycles. The van der Waals surface area contributed by atoms with E-state index in [0.717, 1.165) is 38.0 Å². The maximum absolute atomic E-state index is 12.8. The molecule has 2 aromatic carbocycles. The third-order valence-electron chi connectivity index (χ3n) is 5.43. The van der Waals surface area contributed by atoms with Gasteiger partial charge in [-0.05, 0) is 55.5 Å². The molecule has 3 heterocycles. The normalized spacial score (nSPS) is 10.9. The predicted molar refractivity (Wildman–Crippen MR) is 145 cm³/mol. The Balaban J connectivity index is 1.34. The molecule has 3 aromatic heterocycles. The number of nitrogens with zero attached hydrogens (tertiary/aromatic N) is 3. The highest BCUT2D eigenvalue weighted by Crippen LogP contribution is 2.32. The molecule has 182 valence electrons. The van der Waals surface area contributed by atoms with Crippen LogP contribution in [0, 0.1) is 6.92 Å². The highest BCUT2D eigenvalue weighted by atomic mass is 35.5. The number of H-pyrrole nitrogens is 1. The molecule has 0 unspecified atom stereocenters. The number of ether oxygens (including phenoxy) is 1. The number of rotatable bonds is 7. The molecule has 0 aliphatic carbocycles. The summed E-state index contributed by atoms with van der Waals surface area (Å²) in [7, 11) is 3.38. The van der Waals surface area contributed by atoms with Crippen LogP contribution in [-0.4, -0.2) is 40.0 Å². The van der Waals surface area contributed by atoms with E-state index in [4.69, 9.17) is 16.3 Å². The molecule has 4 N–H and O–H groups in total. The zero-order valence-corrected chi connectivity index (χ0v) is 21.2. The second-order valence-electron chi connectivity index (χ2n) is 7.86. The van der Waals surface area contributed by atoms with E-state index in [1.165, 1.54) is 7.11 Å². The van der Waals surface area contributed by atoms with Gasteiger partial charge in [-0.1, -0.05) is 22.9 Å². The van der Waals surface area contributed by atoms with Crippen LogP contribution in [-0.2, 0) is 0 Å². The molecular formula is C25H22ClN7O2S. The van der Waals surface area contributed by atoms with Crippen LogP contribution in [0.5, 0.6) is 5.75 Å². The molecule has 0 fully saturated rings. The lowest BCUT2D eigenvalue weighted by atomic mass is 10.2. The zero-order chi connectivity index (χ0) is 25.2. The molecule has 0 aliphatic heterocycles. The number of aromatic amines is 1. The van der Waals surface area contributed by atoms with Crippen molar-refractivity contribution >= 4 is 62.2 Å². The Hall–Kier alpha value is -4.15. The molecule has 0 bridgehead atoms. The number of fused-ring (bicyclic) bond motifs is 1. The van der Waals surface area contributed by atoms with Crippen LogP contribution in [0.2, 0.25) is 5.02 Å². The van der Waals surface area contributed by atoms with Gasteiger partial charge in [-0.25, -0.2) is 15.0 Å². The molecule has 0 radical (unpaired) electrons. The monoisotopic (exact) mass is 519 g/mol. The van der Waals surface area contributed by atoms with E-state index in [2.05, 4.69) is 35.9 Å². The third kappa shape index (κ3) is 4.81. The fraction of sp³-hybridized carbons (Fsp3) is 0.120.